The van der Waals surface area contributed by atoms with E-state index in [0.29, 0.717) is 22.8 Å². The number of amides is 1. The molecule has 8 heteroatoms. The number of hydrogen-bond donors (Lipinski definition) is 4. The van der Waals surface area contributed by atoms with E-state index in [2.05, 4.69) is 25.9 Å². The lowest BCUT2D eigenvalue weighted by atomic mass is 10.1. The van der Waals surface area contributed by atoms with Gasteiger partial charge in [-0.25, -0.2) is 0 Å². The summed E-state index contributed by atoms with van der Waals surface area (Å²) in [7, 11) is 0. The molecule has 94 valence electrons. The van der Waals surface area contributed by atoms with Gasteiger partial charge in [-0.3, -0.25) is 4.79 Å². The highest BCUT2D eigenvalue weighted by Gasteiger charge is 2.12. The number of nitrogens with one attached hydrogen (secondary N) is 2. The summed E-state index contributed by atoms with van der Waals surface area (Å²) in [5.41, 5.74) is 12.5. The lowest BCUT2D eigenvalue weighted by Crippen LogP contribution is -2.13. The number of nitrogens with two attached hydrogens (primary N) is 2. The molecule has 0 saturated heterocycles. The van der Waals surface area contributed by atoms with Gasteiger partial charge in [0.2, 0.25) is 5.91 Å². The summed E-state index contributed by atoms with van der Waals surface area (Å²) in [6.45, 7) is 1.87. The number of aromatic nitrogens is 4. The Morgan fingerprint density at radius 2 is 2.28 bits per heavy atom. The van der Waals surface area contributed by atoms with E-state index in [1.54, 1.807) is 12.1 Å². The van der Waals surface area contributed by atoms with Gasteiger partial charge in [0.25, 0.3) is 0 Å². The van der Waals surface area contributed by atoms with E-state index in [0.717, 1.165) is 0 Å². The van der Waals surface area contributed by atoms with Gasteiger partial charge in [0.1, 0.15) is 0 Å². The fourth-order valence-electron chi connectivity index (χ4n) is 1.50. The number of aromatic amines is 1. The van der Waals surface area contributed by atoms with Crippen molar-refractivity contribution in [3.05, 3.63) is 29.6 Å². The number of carbonyl (C=O) groups excluding carboxylic acids is 1. The molecule has 2 aromatic rings. The zero-order valence-corrected chi connectivity index (χ0v) is 9.71. The number of hydrogen-bond acceptors (Lipinski definition) is 6. The smallest absolute Gasteiger partial charge is 0.248 e. The quantitative estimate of drug-likeness (QED) is 0.564. The average Bonchev–Trinajstić information content (AvgIpc) is 2.85. The monoisotopic (exact) mass is 247 g/mol. The van der Waals surface area contributed by atoms with Crippen LogP contribution in [0.1, 0.15) is 29.1 Å². The lowest BCUT2D eigenvalue weighted by molar-refractivity contribution is 0.100. The number of rotatable bonds is 4. The number of nitrogen functional groups attached to an aromatic ring is 1. The normalized spacial score (nSPS) is 12.1. The number of nitrogens with zero attached hydrogens (tertiary/aromatic N) is 3. The van der Waals surface area contributed by atoms with Gasteiger partial charge in [0.15, 0.2) is 5.82 Å². The summed E-state index contributed by atoms with van der Waals surface area (Å²) in [5.74, 6) is 0.00726. The van der Waals surface area contributed by atoms with Crippen LogP contribution in [0, 0.1) is 0 Å². The van der Waals surface area contributed by atoms with Crippen molar-refractivity contribution in [3.8, 4) is 0 Å². The number of H-pyrrole nitrogens is 1. The lowest BCUT2D eigenvalue weighted by Gasteiger charge is -2.14. The SMILES string of the molecule is CC(Nc1ccc(C(N)=O)cc1N)c1nn[nH]n1. The Labute approximate surface area is 103 Å². The Morgan fingerprint density at radius 1 is 1.50 bits per heavy atom. The Balaban J connectivity index is 2.17. The van der Waals surface area contributed by atoms with E-state index < -0.39 is 5.91 Å². The Kier molecular flexibility index (Phi) is 3.09. The van der Waals surface area contributed by atoms with E-state index in [-0.39, 0.29) is 6.04 Å². The van der Waals surface area contributed by atoms with Crippen molar-refractivity contribution in [3.63, 3.8) is 0 Å². The third-order valence-corrected chi connectivity index (χ3v) is 2.46. The maximum atomic E-state index is 11.0. The molecule has 0 fully saturated rings. The molecule has 6 N–H and O–H groups in total. The van der Waals surface area contributed by atoms with Gasteiger partial charge < -0.3 is 16.8 Å². The average molecular weight is 247 g/mol. The summed E-state index contributed by atoms with van der Waals surface area (Å²) >= 11 is 0. The molecule has 0 aliphatic heterocycles. The zero-order chi connectivity index (χ0) is 13.1. The molecule has 8 nitrogen and oxygen atoms in total. The second-order valence-electron chi connectivity index (χ2n) is 3.80. The molecule has 1 heterocycles. The summed E-state index contributed by atoms with van der Waals surface area (Å²) in [6, 6.07) is 4.65. The van der Waals surface area contributed by atoms with Crippen LogP contribution < -0.4 is 16.8 Å². The van der Waals surface area contributed by atoms with Gasteiger partial charge in [-0.15, -0.1) is 10.2 Å². The first kappa shape index (κ1) is 11.8. The maximum Gasteiger partial charge on any atom is 0.248 e. The number of primary amides is 1. The Morgan fingerprint density at radius 3 is 2.83 bits per heavy atom. The molecule has 0 spiro atoms. The van der Waals surface area contributed by atoms with Crippen LogP contribution in [-0.4, -0.2) is 26.5 Å². The molecule has 1 aromatic heterocycles. The maximum absolute atomic E-state index is 11.0. The van der Waals surface area contributed by atoms with Crippen molar-refractivity contribution in [2.45, 2.75) is 13.0 Å². The van der Waals surface area contributed by atoms with Crippen molar-refractivity contribution >= 4 is 17.3 Å². The third kappa shape index (κ3) is 2.37. The summed E-state index contributed by atoms with van der Waals surface area (Å²) in [4.78, 5) is 11.0. The second kappa shape index (κ2) is 4.70. The first-order chi connectivity index (χ1) is 8.58. The minimum Gasteiger partial charge on any atom is -0.397 e. The Hall–Kier alpha value is -2.64. The van der Waals surface area contributed by atoms with Gasteiger partial charge in [0, 0.05) is 5.56 Å². The van der Waals surface area contributed by atoms with Crippen LogP contribution in [0.25, 0.3) is 0 Å². The summed E-state index contributed by atoms with van der Waals surface area (Å²) in [5, 5.41) is 16.7. The van der Waals surface area contributed by atoms with E-state index in [1.165, 1.54) is 6.07 Å². The molecule has 1 aromatic carbocycles. The van der Waals surface area contributed by atoms with Gasteiger partial charge in [-0.2, -0.15) is 5.21 Å². The van der Waals surface area contributed by atoms with Crippen LogP contribution in [0.3, 0.4) is 0 Å². The molecule has 0 radical (unpaired) electrons. The third-order valence-electron chi connectivity index (χ3n) is 2.46. The van der Waals surface area contributed by atoms with Crippen molar-refractivity contribution in [1.82, 2.24) is 20.6 Å². The number of carbonyl (C=O) groups is 1. The Bertz CT molecular complexity index is 551. The van der Waals surface area contributed by atoms with Crippen LogP contribution in [0.2, 0.25) is 0 Å². The van der Waals surface area contributed by atoms with E-state index in [9.17, 15) is 4.79 Å². The zero-order valence-electron chi connectivity index (χ0n) is 9.71. The van der Waals surface area contributed by atoms with Gasteiger partial charge in [-0.1, -0.05) is 5.21 Å². The first-order valence-electron chi connectivity index (χ1n) is 5.27. The van der Waals surface area contributed by atoms with Crippen molar-refractivity contribution in [2.24, 2.45) is 5.73 Å². The molecular weight excluding hydrogens is 234 g/mol. The van der Waals surface area contributed by atoms with Crippen molar-refractivity contribution in [2.75, 3.05) is 11.1 Å². The minimum atomic E-state index is -0.514. The van der Waals surface area contributed by atoms with Gasteiger partial charge in [0.05, 0.1) is 17.4 Å². The summed E-state index contributed by atoms with van der Waals surface area (Å²) < 4.78 is 0. The molecule has 0 saturated carbocycles. The predicted molar refractivity (Wildman–Crippen MR) is 65.6 cm³/mol. The molecule has 18 heavy (non-hydrogen) atoms. The predicted octanol–water partition coefficient (Wildman–Crippen LogP) is 0.0539. The van der Waals surface area contributed by atoms with Crippen molar-refractivity contribution < 1.29 is 4.79 Å². The van der Waals surface area contributed by atoms with E-state index in [4.69, 9.17) is 11.5 Å². The first-order valence-corrected chi connectivity index (χ1v) is 5.27. The highest BCUT2D eigenvalue weighted by Crippen LogP contribution is 2.23. The number of benzene rings is 1. The van der Waals surface area contributed by atoms with Crippen LogP contribution >= 0.6 is 0 Å². The molecule has 0 aliphatic rings. The molecule has 1 unspecified atom stereocenters. The van der Waals surface area contributed by atoms with Crippen molar-refractivity contribution in [1.29, 1.82) is 0 Å². The van der Waals surface area contributed by atoms with Crippen LogP contribution in [0.4, 0.5) is 11.4 Å². The molecule has 1 amide bonds. The van der Waals surface area contributed by atoms with Crippen LogP contribution in [0.15, 0.2) is 18.2 Å². The highest BCUT2D eigenvalue weighted by molar-refractivity contribution is 5.94. The molecule has 0 bridgehead atoms. The standard InChI is InChI=1S/C10H13N7O/c1-5(10-14-16-17-15-10)13-8-3-2-6(9(12)18)4-7(8)11/h2-5,13H,11H2,1H3,(H2,12,18)(H,14,15,16,17). The minimum absolute atomic E-state index is 0.162. The van der Waals surface area contributed by atoms with E-state index >= 15 is 0 Å². The van der Waals surface area contributed by atoms with Crippen LogP contribution in [0.5, 0.6) is 0 Å². The van der Waals surface area contributed by atoms with Gasteiger partial charge >= 0.3 is 0 Å². The van der Waals surface area contributed by atoms with Crippen LogP contribution in [-0.2, 0) is 0 Å². The molecule has 0 aliphatic carbocycles. The highest BCUT2D eigenvalue weighted by atomic mass is 16.1. The topological polar surface area (TPSA) is 136 Å². The second-order valence-corrected chi connectivity index (χ2v) is 3.80. The molecule has 1 atom stereocenters. The number of anilines is 2. The molecule has 2 rings (SSSR count). The largest absolute Gasteiger partial charge is 0.397 e. The fraction of sp³-hybridized carbons (Fsp3) is 0.200. The fourth-order valence-corrected chi connectivity index (χ4v) is 1.50. The molecular formula is C10H13N7O. The van der Waals surface area contributed by atoms with Gasteiger partial charge in [-0.05, 0) is 25.1 Å². The number of tetrazole rings is 1. The summed E-state index contributed by atoms with van der Waals surface area (Å²) in [6.07, 6.45) is 0. The van der Waals surface area contributed by atoms with E-state index in [1.807, 2.05) is 6.92 Å².